The molecule has 0 atom stereocenters. The number of thioether (sulfide) groups is 1. The molecule has 1 aromatic carbocycles. The van der Waals surface area contributed by atoms with Crippen LogP contribution in [0.1, 0.15) is 56.0 Å². The van der Waals surface area contributed by atoms with Gasteiger partial charge in [-0.1, -0.05) is 42.1 Å². The first-order valence-electron chi connectivity index (χ1n) is 11.5. The van der Waals surface area contributed by atoms with Crippen molar-refractivity contribution >= 4 is 29.2 Å². The monoisotopic (exact) mass is 481 g/mol. The summed E-state index contributed by atoms with van der Waals surface area (Å²) in [5, 5.41) is 9.47. The van der Waals surface area contributed by atoms with Crippen LogP contribution in [-0.2, 0) is 11.3 Å². The highest BCUT2D eigenvalue weighted by Crippen LogP contribution is 2.46. The first-order valence-corrected chi connectivity index (χ1v) is 12.5. The molecule has 11 heteroatoms. The third-order valence-electron chi connectivity index (χ3n) is 6.15. The molecular weight excluding hydrogens is 454 g/mol. The molecule has 0 spiro atoms. The van der Waals surface area contributed by atoms with Crippen molar-refractivity contribution in [2.75, 3.05) is 22.9 Å². The van der Waals surface area contributed by atoms with Crippen molar-refractivity contribution in [3.63, 3.8) is 0 Å². The number of nitrogens with zero attached hydrogens (tertiary/aromatic N) is 5. The highest BCUT2D eigenvalue weighted by molar-refractivity contribution is 7.99. The van der Waals surface area contributed by atoms with Gasteiger partial charge in [-0.2, -0.15) is 0 Å². The lowest BCUT2D eigenvalue weighted by atomic mass is 10.2. The van der Waals surface area contributed by atoms with Gasteiger partial charge in [0, 0.05) is 18.5 Å². The summed E-state index contributed by atoms with van der Waals surface area (Å²) in [6.07, 6.45) is 4.49. The van der Waals surface area contributed by atoms with Gasteiger partial charge in [-0.05, 0) is 38.2 Å². The number of hydrogen-bond acceptors (Lipinski definition) is 7. The van der Waals surface area contributed by atoms with Crippen LogP contribution in [0.5, 0.6) is 0 Å². The minimum absolute atomic E-state index is 0.00837. The largest absolute Gasteiger partial charge is 0.383 e. The molecule has 2 heterocycles. The second-order valence-corrected chi connectivity index (χ2v) is 9.65. The van der Waals surface area contributed by atoms with Gasteiger partial charge in [0.05, 0.1) is 12.3 Å². The van der Waals surface area contributed by atoms with Gasteiger partial charge >= 0.3 is 5.69 Å². The molecule has 178 valence electrons. The van der Waals surface area contributed by atoms with Crippen LogP contribution in [0.15, 0.2) is 45.1 Å². The van der Waals surface area contributed by atoms with Crippen molar-refractivity contribution in [1.29, 1.82) is 0 Å². The van der Waals surface area contributed by atoms with Crippen LogP contribution in [0.4, 0.5) is 11.5 Å². The van der Waals surface area contributed by atoms with Crippen LogP contribution >= 0.6 is 11.8 Å². The van der Waals surface area contributed by atoms with E-state index in [0.717, 1.165) is 42.2 Å². The van der Waals surface area contributed by atoms with Crippen LogP contribution in [0, 0.1) is 0 Å². The average molecular weight is 482 g/mol. The number of rotatable bonds is 9. The fourth-order valence-corrected chi connectivity index (χ4v) is 5.00. The van der Waals surface area contributed by atoms with E-state index in [1.165, 1.54) is 21.2 Å². The second kappa shape index (κ2) is 9.13. The number of hydrogen-bond donors (Lipinski definition) is 2. The van der Waals surface area contributed by atoms with Gasteiger partial charge in [0.2, 0.25) is 5.91 Å². The lowest BCUT2D eigenvalue weighted by Gasteiger charge is -2.23. The van der Waals surface area contributed by atoms with Crippen molar-refractivity contribution in [2.45, 2.75) is 56.3 Å². The predicted octanol–water partition coefficient (Wildman–Crippen LogP) is 2.12. The number of nitrogen functional groups attached to an aromatic ring is 1. The zero-order valence-corrected chi connectivity index (χ0v) is 19.8. The van der Waals surface area contributed by atoms with Gasteiger partial charge in [-0.3, -0.25) is 19.1 Å². The Bertz CT molecular complexity index is 1320. The molecule has 5 rings (SSSR count). The van der Waals surface area contributed by atoms with E-state index >= 15 is 0 Å². The number of aromatic amines is 1. The molecule has 0 bridgehead atoms. The zero-order chi connectivity index (χ0) is 23.8. The maximum absolute atomic E-state index is 13.2. The molecule has 3 aromatic rings. The standard InChI is InChI=1S/C23H27N7O3S/c1-2-28(17(31)13-34-23-27-26-20(15-8-9-15)30(23)16-10-11-16)18-19(24)29(22(33)25-21(18)32)12-14-6-4-3-5-7-14/h3-7,15-16H,2,8-13,24H2,1H3,(H,25,32,33). The first-order chi connectivity index (χ1) is 16.5. The summed E-state index contributed by atoms with van der Waals surface area (Å²) in [5.41, 5.74) is 5.84. The van der Waals surface area contributed by atoms with Gasteiger partial charge in [-0.25, -0.2) is 4.79 Å². The van der Waals surface area contributed by atoms with Gasteiger partial charge in [-0.15, -0.1) is 10.2 Å². The molecule has 2 saturated carbocycles. The van der Waals surface area contributed by atoms with Gasteiger partial charge in [0.15, 0.2) is 10.8 Å². The number of benzene rings is 1. The molecule has 0 aliphatic heterocycles. The number of anilines is 2. The summed E-state index contributed by atoms with van der Waals surface area (Å²) < 4.78 is 3.47. The van der Waals surface area contributed by atoms with E-state index in [1.807, 2.05) is 30.3 Å². The van der Waals surface area contributed by atoms with E-state index < -0.39 is 11.2 Å². The number of nitrogens with one attached hydrogen (secondary N) is 1. The summed E-state index contributed by atoms with van der Waals surface area (Å²) >= 11 is 1.33. The lowest BCUT2D eigenvalue weighted by Crippen LogP contribution is -2.41. The smallest absolute Gasteiger partial charge is 0.330 e. The Morgan fingerprint density at radius 1 is 1.18 bits per heavy atom. The van der Waals surface area contributed by atoms with Crippen molar-refractivity contribution in [3.8, 4) is 0 Å². The van der Waals surface area contributed by atoms with Crippen LogP contribution in [0.3, 0.4) is 0 Å². The molecule has 2 aromatic heterocycles. The highest BCUT2D eigenvalue weighted by Gasteiger charge is 2.36. The van der Waals surface area contributed by atoms with Gasteiger partial charge in [0.1, 0.15) is 11.6 Å². The van der Waals surface area contributed by atoms with E-state index in [2.05, 4.69) is 19.7 Å². The Balaban J connectivity index is 1.38. The summed E-state index contributed by atoms with van der Waals surface area (Å²) in [5.74, 6) is 1.27. The van der Waals surface area contributed by atoms with Crippen LogP contribution in [0.25, 0.3) is 0 Å². The Morgan fingerprint density at radius 2 is 1.91 bits per heavy atom. The van der Waals surface area contributed by atoms with E-state index in [9.17, 15) is 14.4 Å². The SMILES string of the molecule is CCN(C(=O)CSc1nnc(C2CC2)n1C1CC1)c1c(N)n(Cc2ccccc2)c(=O)[nH]c1=O. The maximum Gasteiger partial charge on any atom is 0.330 e. The quantitative estimate of drug-likeness (QED) is 0.447. The van der Waals surface area contributed by atoms with E-state index in [0.29, 0.717) is 12.0 Å². The van der Waals surface area contributed by atoms with E-state index in [-0.39, 0.29) is 36.3 Å². The molecule has 2 aliphatic rings. The molecule has 2 aliphatic carbocycles. The molecule has 0 unspecified atom stereocenters. The number of carbonyl (C=O) groups is 1. The highest BCUT2D eigenvalue weighted by atomic mass is 32.2. The normalized spacial score (nSPS) is 15.4. The molecule has 10 nitrogen and oxygen atoms in total. The molecule has 0 radical (unpaired) electrons. The molecule has 34 heavy (non-hydrogen) atoms. The van der Waals surface area contributed by atoms with E-state index in [4.69, 9.17) is 5.73 Å². The van der Waals surface area contributed by atoms with Crippen molar-refractivity contribution < 1.29 is 4.79 Å². The second-order valence-electron chi connectivity index (χ2n) is 8.71. The number of amides is 1. The fraction of sp³-hybridized carbons (Fsp3) is 0.435. The Morgan fingerprint density at radius 3 is 2.56 bits per heavy atom. The van der Waals surface area contributed by atoms with Crippen molar-refractivity contribution in [2.24, 2.45) is 0 Å². The van der Waals surface area contributed by atoms with Gasteiger partial charge in [0.25, 0.3) is 5.56 Å². The minimum atomic E-state index is -0.677. The molecule has 3 N–H and O–H groups in total. The number of nitrogens with two attached hydrogens (primary N) is 1. The Labute approximate surface area is 200 Å². The third-order valence-corrected chi connectivity index (χ3v) is 7.08. The summed E-state index contributed by atoms with van der Waals surface area (Å²) in [7, 11) is 0. The zero-order valence-electron chi connectivity index (χ0n) is 18.9. The average Bonchev–Trinajstić information content (AvgIpc) is 3.77. The van der Waals surface area contributed by atoms with E-state index in [1.54, 1.807) is 6.92 Å². The number of carbonyl (C=O) groups excluding carboxylic acids is 1. The van der Waals surface area contributed by atoms with Crippen molar-refractivity contribution in [3.05, 3.63) is 62.6 Å². The summed E-state index contributed by atoms with van der Waals surface area (Å²) in [4.78, 5) is 42.0. The number of aromatic nitrogens is 5. The first kappa shape index (κ1) is 22.5. The van der Waals surface area contributed by atoms with Crippen LogP contribution in [-0.4, -0.2) is 42.5 Å². The lowest BCUT2D eigenvalue weighted by molar-refractivity contribution is -0.116. The molecule has 1 amide bonds. The summed E-state index contributed by atoms with van der Waals surface area (Å²) in [6, 6.07) is 9.74. The molecular formula is C23H27N7O3S. The summed E-state index contributed by atoms with van der Waals surface area (Å²) in [6.45, 7) is 2.19. The minimum Gasteiger partial charge on any atom is -0.383 e. The Hall–Kier alpha value is -3.34. The van der Waals surface area contributed by atoms with Crippen LogP contribution in [0.2, 0.25) is 0 Å². The third kappa shape index (κ3) is 4.39. The predicted molar refractivity (Wildman–Crippen MR) is 130 cm³/mol. The van der Waals surface area contributed by atoms with Gasteiger partial charge < -0.3 is 15.2 Å². The fourth-order valence-electron chi connectivity index (χ4n) is 4.11. The molecule has 2 fully saturated rings. The number of H-pyrrole nitrogens is 1. The Kier molecular flexibility index (Phi) is 6.03. The topological polar surface area (TPSA) is 132 Å². The maximum atomic E-state index is 13.2. The van der Waals surface area contributed by atoms with Crippen molar-refractivity contribution in [1.82, 2.24) is 24.3 Å². The molecule has 0 saturated heterocycles. The van der Waals surface area contributed by atoms with Crippen LogP contribution < -0.4 is 21.9 Å².